The monoisotopic (exact) mass is 553 g/mol. The Balaban J connectivity index is 2.04. The van der Waals surface area contributed by atoms with E-state index in [1.54, 1.807) is 0 Å². The van der Waals surface area contributed by atoms with Gasteiger partial charge >= 0.3 is 0 Å². The molecule has 4 aromatic carbocycles. The highest BCUT2D eigenvalue weighted by Gasteiger charge is 2.25. The minimum atomic E-state index is -5.09. The Morgan fingerprint density at radius 1 is 0.667 bits per heavy atom. The fourth-order valence-electron chi connectivity index (χ4n) is 3.62. The van der Waals surface area contributed by atoms with Gasteiger partial charge in [0.25, 0.3) is 30.4 Å². The molecular formula is C20H15N3O10S3. The van der Waals surface area contributed by atoms with E-state index in [0.29, 0.717) is 0 Å². The summed E-state index contributed by atoms with van der Waals surface area (Å²) in [5.74, 6) is -0.751. The summed E-state index contributed by atoms with van der Waals surface area (Å²) in [5.41, 5.74) is 4.58. The Morgan fingerprint density at radius 3 is 1.94 bits per heavy atom. The highest BCUT2D eigenvalue weighted by Crippen LogP contribution is 2.43. The van der Waals surface area contributed by atoms with Crippen LogP contribution in [0.5, 0.6) is 5.75 Å². The molecule has 4 aromatic rings. The van der Waals surface area contributed by atoms with Crippen molar-refractivity contribution in [1.29, 1.82) is 0 Å². The maximum Gasteiger partial charge on any atom is 0.297 e. The zero-order chi connectivity index (χ0) is 26.6. The summed E-state index contributed by atoms with van der Waals surface area (Å²) in [5, 5.41) is 17.6. The maximum atomic E-state index is 12.2. The Bertz CT molecular complexity index is 1940. The number of azo groups is 1. The summed E-state index contributed by atoms with van der Waals surface area (Å²) < 4.78 is 101. The second kappa shape index (κ2) is 8.47. The van der Waals surface area contributed by atoms with Gasteiger partial charge in [0, 0.05) is 21.8 Å². The van der Waals surface area contributed by atoms with Crippen LogP contribution >= 0.6 is 0 Å². The SMILES string of the molecule is Nc1ccc2cc(S(=O)(=O)O)c(N=Nc3ccc4c(S(=O)(=O)O)cccc4c3S(=O)(=O)O)c(O)c2c1. The van der Waals surface area contributed by atoms with Gasteiger partial charge < -0.3 is 10.8 Å². The number of nitrogen functional groups attached to an aromatic ring is 1. The molecule has 0 unspecified atom stereocenters. The van der Waals surface area contributed by atoms with Crippen LogP contribution in [-0.4, -0.2) is 44.0 Å². The Hall–Kier alpha value is -3.67. The summed E-state index contributed by atoms with van der Waals surface area (Å²) in [7, 11) is -14.8. The molecule has 188 valence electrons. The van der Waals surface area contributed by atoms with E-state index in [9.17, 15) is 44.0 Å². The summed E-state index contributed by atoms with van der Waals surface area (Å²) in [6.07, 6.45) is 0. The minimum Gasteiger partial charge on any atom is -0.505 e. The second-order valence-corrected chi connectivity index (χ2v) is 11.6. The van der Waals surface area contributed by atoms with Crippen molar-refractivity contribution in [3.05, 3.63) is 54.6 Å². The van der Waals surface area contributed by atoms with Gasteiger partial charge in [-0.1, -0.05) is 24.3 Å². The number of benzene rings is 4. The third kappa shape index (κ3) is 4.60. The molecule has 0 heterocycles. The first-order valence-corrected chi connectivity index (χ1v) is 13.9. The Labute approximate surface area is 203 Å². The smallest absolute Gasteiger partial charge is 0.297 e. The summed E-state index contributed by atoms with van der Waals surface area (Å²) >= 11 is 0. The average Bonchev–Trinajstić information content (AvgIpc) is 2.75. The van der Waals surface area contributed by atoms with Crippen LogP contribution in [0.4, 0.5) is 17.1 Å². The number of nitrogens with two attached hydrogens (primary N) is 1. The number of phenols is 1. The molecule has 4 rings (SSSR count). The van der Waals surface area contributed by atoms with Crippen molar-refractivity contribution < 1.29 is 44.0 Å². The van der Waals surface area contributed by atoms with Crippen molar-refractivity contribution >= 4 is 69.0 Å². The fraction of sp³-hybridized carbons (Fsp3) is 0. The lowest BCUT2D eigenvalue weighted by Crippen LogP contribution is -2.03. The maximum absolute atomic E-state index is 12.2. The van der Waals surface area contributed by atoms with E-state index in [4.69, 9.17) is 5.73 Å². The van der Waals surface area contributed by atoms with Gasteiger partial charge in [0.15, 0.2) is 5.75 Å². The molecule has 36 heavy (non-hydrogen) atoms. The van der Waals surface area contributed by atoms with Crippen molar-refractivity contribution in [3.63, 3.8) is 0 Å². The largest absolute Gasteiger partial charge is 0.505 e. The molecule has 0 aliphatic carbocycles. The minimum absolute atomic E-state index is 0.0441. The molecule has 0 aliphatic heterocycles. The van der Waals surface area contributed by atoms with Gasteiger partial charge in [0.05, 0.1) is 0 Å². The molecule has 0 saturated carbocycles. The van der Waals surface area contributed by atoms with Gasteiger partial charge in [-0.3, -0.25) is 13.7 Å². The molecule has 0 amide bonds. The normalized spacial score (nSPS) is 13.1. The predicted octanol–water partition coefficient (Wildman–Crippen LogP) is 3.44. The van der Waals surface area contributed by atoms with E-state index in [1.165, 1.54) is 18.2 Å². The zero-order valence-corrected chi connectivity index (χ0v) is 20.1. The molecule has 13 nitrogen and oxygen atoms in total. The van der Waals surface area contributed by atoms with Gasteiger partial charge in [-0.05, 0) is 35.7 Å². The zero-order valence-electron chi connectivity index (χ0n) is 17.6. The number of hydrogen-bond donors (Lipinski definition) is 5. The Morgan fingerprint density at radius 2 is 1.33 bits per heavy atom. The fourth-order valence-corrected chi connectivity index (χ4v) is 5.81. The molecule has 16 heteroatoms. The number of anilines is 1. The van der Waals surface area contributed by atoms with E-state index in [0.717, 1.165) is 36.4 Å². The van der Waals surface area contributed by atoms with E-state index in [-0.39, 0.29) is 27.2 Å². The van der Waals surface area contributed by atoms with Gasteiger partial charge in [-0.2, -0.15) is 25.3 Å². The lowest BCUT2D eigenvalue weighted by molar-refractivity contribution is 0.472. The van der Waals surface area contributed by atoms with Crippen molar-refractivity contribution in [2.45, 2.75) is 14.7 Å². The number of aromatic hydroxyl groups is 1. The predicted molar refractivity (Wildman–Crippen MR) is 128 cm³/mol. The number of fused-ring (bicyclic) bond motifs is 2. The van der Waals surface area contributed by atoms with E-state index >= 15 is 0 Å². The third-order valence-electron chi connectivity index (χ3n) is 5.10. The lowest BCUT2D eigenvalue weighted by Gasteiger charge is -2.11. The summed E-state index contributed by atoms with van der Waals surface area (Å²) in [6, 6.07) is 10.3. The van der Waals surface area contributed by atoms with Crippen molar-refractivity contribution in [2.75, 3.05) is 5.73 Å². The quantitative estimate of drug-likeness (QED) is 0.136. The third-order valence-corrected chi connectivity index (χ3v) is 7.82. The molecule has 0 fully saturated rings. The van der Waals surface area contributed by atoms with Gasteiger partial charge in [-0.15, -0.1) is 10.2 Å². The molecular weight excluding hydrogens is 538 g/mol. The first-order chi connectivity index (χ1) is 16.6. The topological polar surface area (TPSA) is 234 Å². The van der Waals surface area contributed by atoms with Crippen molar-refractivity contribution in [2.24, 2.45) is 10.2 Å². The van der Waals surface area contributed by atoms with Crippen LogP contribution in [-0.2, 0) is 30.4 Å². The first-order valence-electron chi connectivity index (χ1n) is 9.54. The van der Waals surface area contributed by atoms with Crippen molar-refractivity contribution in [1.82, 2.24) is 0 Å². The van der Waals surface area contributed by atoms with Crippen molar-refractivity contribution in [3.8, 4) is 5.75 Å². The standard InChI is InChI=1S/C20H15N3O10S3/c21-11-5-4-10-8-17(35(28,29)30)18(19(24)14(10)9-11)23-22-15-7-6-12-13(20(15)36(31,32)33)2-1-3-16(12)34(25,26)27/h1-9,24H,21H2,(H,25,26,27)(H,28,29,30)(H,31,32,33). The molecule has 0 saturated heterocycles. The highest BCUT2D eigenvalue weighted by atomic mass is 32.2. The summed E-state index contributed by atoms with van der Waals surface area (Å²) in [4.78, 5) is -2.41. The van der Waals surface area contributed by atoms with Crippen LogP contribution in [0.3, 0.4) is 0 Å². The van der Waals surface area contributed by atoms with Crippen LogP contribution in [0.15, 0.2) is 79.5 Å². The highest BCUT2D eigenvalue weighted by molar-refractivity contribution is 7.86. The van der Waals surface area contributed by atoms with E-state index in [2.05, 4.69) is 10.2 Å². The molecule has 0 aliphatic rings. The number of nitrogens with zero attached hydrogens (tertiary/aromatic N) is 2. The molecule has 0 radical (unpaired) electrons. The van der Waals surface area contributed by atoms with Crippen LogP contribution in [0, 0.1) is 0 Å². The second-order valence-electron chi connectivity index (χ2n) is 7.44. The Kier molecular flexibility index (Phi) is 5.98. The number of hydrogen-bond acceptors (Lipinski definition) is 10. The molecule has 0 bridgehead atoms. The number of rotatable bonds is 5. The van der Waals surface area contributed by atoms with Gasteiger partial charge in [0.2, 0.25) is 0 Å². The van der Waals surface area contributed by atoms with Crippen LogP contribution in [0.2, 0.25) is 0 Å². The lowest BCUT2D eigenvalue weighted by atomic mass is 10.1. The van der Waals surface area contributed by atoms with Crippen LogP contribution in [0.25, 0.3) is 21.5 Å². The summed E-state index contributed by atoms with van der Waals surface area (Å²) in [6.45, 7) is 0. The van der Waals surface area contributed by atoms with Gasteiger partial charge in [-0.25, -0.2) is 0 Å². The first kappa shape index (κ1) is 25.4. The average molecular weight is 554 g/mol. The van der Waals surface area contributed by atoms with E-state index in [1.807, 2.05) is 0 Å². The van der Waals surface area contributed by atoms with Crippen LogP contribution in [0.1, 0.15) is 0 Å². The molecule has 0 spiro atoms. The van der Waals surface area contributed by atoms with E-state index < -0.39 is 62.2 Å². The molecule has 6 N–H and O–H groups in total. The van der Waals surface area contributed by atoms with Crippen LogP contribution < -0.4 is 5.73 Å². The molecule has 0 atom stereocenters. The number of phenolic OH excluding ortho intramolecular Hbond substituents is 1. The molecule has 0 aromatic heterocycles. The van der Waals surface area contributed by atoms with Gasteiger partial charge in [0.1, 0.15) is 26.1 Å².